The highest BCUT2D eigenvalue weighted by Crippen LogP contribution is 2.27. The lowest BCUT2D eigenvalue weighted by atomic mass is 10.3. The van der Waals surface area contributed by atoms with Gasteiger partial charge in [-0.15, -0.1) is 0 Å². The van der Waals surface area contributed by atoms with E-state index in [0.29, 0.717) is 15.5 Å². The second-order valence-electron chi connectivity index (χ2n) is 2.71. The summed E-state index contributed by atoms with van der Waals surface area (Å²) >= 11 is 3.17. The second kappa shape index (κ2) is 2.70. The number of nitrogens with zero attached hydrogens (tertiary/aromatic N) is 2. The van der Waals surface area contributed by atoms with Gasteiger partial charge in [-0.25, -0.2) is 9.50 Å². The Kier molecular flexibility index (Phi) is 1.76. The fraction of sp³-hybridized carbons (Fsp3) is 0.125. The molecule has 2 rings (SSSR count). The Morgan fingerprint density at radius 3 is 2.92 bits per heavy atom. The van der Waals surface area contributed by atoms with E-state index < -0.39 is 5.82 Å². The number of aryl methyl sites for hydroxylation is 1. The molecule has 0 unspecified atom stereocenters. The molecule has 5 heteroatoms. The minimum Gasteiger partial charge on any atom is -0.292 e. The van der Waals surface area contributed by atoms with Gasteiger partial charge in [-0.05, 0) is 22.0 Å². The molecule has 0 aliphatic rings. The minimum atomic E-state index is -0.405. The standard InChI is InChI=1S/C8H5BrFN2O/c1-12-7-5(9)2-4(10)3-6(7)11-8(12)13/h2-3H,1H3. The van der Waals surface area contributed by atoms with Gasteiger partial charge in [0.15, 0.2) is 0 Å². The fourth-order valence-corrected chi connectivity index (χ4v) is 1.93. The lowest BCUT2D eigenvalue weighted by Crippen LogP contribution is -1.86. The Morgan fingerprint density at radius 2 is 2.23 bits per heavy atom. The van der Waals surface area contributed by atoms with E-state index in [9.17, 15) is 9.50 Å². The molecule has 0 atom stereocenters. The van der Waals surface area contributed by atoms with Gasteiger partial charge in [-0.1, -0.05) is 0 Å². The van der Waals surface area contributed by atoms with Gasteiger partial charge >= 0.3 is 6.01 Å². The first-order valence-electron chi connectivity index (χ1n) is 3.58. The molecule has 3 nitrogen and oxygen atoms in total. The van der Waals surface area contributed by atoms with Crippen molar-refractivity contribution in [1.29, 1.82) is 0 Å². The van der Waals surface area contributed by atoms with Crippen molar-refractivity contribution in [2.45, 2.75) is 0 Å². The molecule has 0 aliphatic carbocycles. The molecule has 13 heavy (non-hydrogen) atoms. The lowest BCUT2D eigenvalue weighted by Gasteiger charge is -1.97. The fourth-order valence-electron chi connectivity index (χ4n) is 1.24. The minimum absolute atomic E-state index is 0.374. The van der Waals surface area contributed by atoms with E-state index in [0.717, 1.165) is 0 Å². The Morgan fingerprint density at radius 1 is 1.54 bits per heavy atom. The average molecular weight is 244 g/mol. The SMILES string of the molecule is Cn1c([O])nc2cc(F)cc(Br)c21. The van der Waals surface area contributed by atoms with E-state index in [1.165, 1.54) is 16.7 Å². The highest BCUT2D eigenvalue weighted by atomic mass is 79.9. The molecule has 0 bridgehead atoms. The number of fused-ring (bicyclic) bond motifs is 1. The average Bonchev–Trinajstić information content (AvgIpc) is 2.27. The van der Waals surface area contributed by atoms with Crippen molar-refractivity contribution >= 4 is 27.0 Å². The number of aromatic nitrogens is 2. The van der Waals surface area contributed by atoms with Crippen LogP contribution in [-0.4, -0.2) is 9.55 Å². The normalized spacial score (nSPS) is 11.0. The van der Waals surface area contributed by atoms with Gasteiger partial charge in [0.1, 0.15) is 5.82 Å². The number of hydrogen-bond donors (Lipinski definition) is 0. The highest BCUT2D eigenvalue weighted by molar-refractivity contribution is 9.10. The molecular formula is C8H5BrFN2O. The van der Waals surface area contributed by atoms with Gasteiger partial charge in [-0.2, -0.15) is 4.98 Å². The van der Waals surface area contributed by atoms with E-state index in [1.54, 1.807) is 7.05 Å². The molecule has 0 amide bonds. The first-order valence-corrected chi connectivity index (χ1v) is 4.37. The molecule has 0 aliphatic heterocycles. The zero-order valence-corrected chi connectivity index (χ0v) is 8.30. The molecule has 0 fully saturated rings. The number of rotatable bonds is 0. The van der Waals surface area contributed by atoms with Gasteiger partial charge < -0.3 is 0 Å². The predicted octanol–water partition coefficient (Wildman–Crippen LogP) is 2.62. The summed E-state index contributed by atoms with van der Waals surface area (Å²) in [4.78, 5) is 3.67. The molecule has 0 spiro atoms. The van der Waals surface area contributed by atoms with Crippen LogP contribution in [0.4, 0.5) is 4.39 Å². The summed E-state index contributed by atoms with van der Waals surface area (Å²) in [5.41, 5.74) is 0.991. The summed E-state index contributed by atoms with van der Waals surface area (Å²) in [6.07, 6.45) is 0. The van der Waals surface area contributed by atoms with E-state index in [1.807, 2.05) is 0 Å². The van der Waals surface area contributed by atoms with Crippen LogP contribution in [0.2, 0.25) is 0 Å². The molecule has 0 N–H and O–H groups in total. The number of imidazole rings is 1. The Balaban J connectivity index is 2.94. The van der Waals surface area contributed by atoms with Crippen molar-refractivity contribution in [3.05, 3.63) is 22.4 Å². The van der Waals surface area contributed by atoms with Gasteiger partial charge in [0.25, 0.3) is 0 Å². The van der Waals surface area contributed by atoms with Crippen molar-refractivity contribution in [3.8, 4) is 6.01 Å². The molecule has 0 saturated heterocycles. The van der Waals surface area contributed by atoms with Crippen LogP contribution in [0.3, 0.4) is 0 Å². The first kappa shape index (κ1) is 8.50. The summed E-state index contributed by atoms with van der Waals surface area (Å²) in [7, 11) is 1.60. The Bertz CT molecular complexity index is 480. The van der Waals surface area contributed by atoms with Crippen LogP contribution in [0, 0.1) is 5.82 Å². The van der Waals surface area contributed by atoms with Gasteiger partial charge in [-0.3, -0.25) is 4.57 Å². The number of halogens is 2. The van der Waals surface area contributed by atoms with E-state index in [4.69, 9.17) is 0 Å². The van der Waals surface area contributed by atoms with Crippen molar-refractivity contribution < 1.29 is 9.50 Å². The predicted molar refractivity (Wildman–Crippen MR) is 48.5 cm³/mol. The van der Waals surface area contributed by atoms with Crippen LogP contribution in [0.15, 0.2) is 16.6 Å². The maximum absolute atomic E-state index is 12.9. The number of benzene rings is 1. The zero-order chi connectivity index (χ0) is 9.59. The summed E-state index contributed by atoms with van der Waals surface area (Å²) in [5.74, 6) is -0.405. The molecule has 1 aromatic heterocycles. The van der Waals surface area contributed by atoms with Crippen LogP contribution >= 0.6 is 15.9 Å². The van der Waals surface area contributed by atoms with E-state index in [2.05, 4.69) is 20.9 Å². The molecule has 2 aromatic rings. The van der Waals surface area contributed by atoms with Gasteiger partial charge in [0.2, 0.25) is 0 Å². The van der Waals surface area contributed by atoms with Crippen LogP contribution in [0.1, 0.15) is 0 Å². The maximum Gasteiger partial charge on any atom is 0.348 e. The largest absolute Gasteiger partial charge is 0.348 e. The molecular weight excluding hydrogens is 239 g/mol. The second-order valence-corrected chi connectivity index (χ2v) is 3.56. The summed E-state index contributed by atoms with van der Waals surface area (Å²) in [5, 5.41) is 11.1. The van der Waals surface area contributed by atoms with Crippen LogP contribution in [0.5, 0.6) is 6.01 Å². The topological polar surface area (TPSA) is 37.7 Å². The Labute approximate surface area is 81.9 Å². The van der Waals surface area contributed by atoms with Crippen LogP contribution in [0.25, 0.3) is 11.0 Å². The van der Waals surface area contributed by atoms with Crippen molar-refractivity contribution in [1.82, 2.24) is 9.55 Å². The summed E-state index contributed by atoms with van der Waals surface area (Å²) in [6.45, 7) is 0. The summed E-state index contributed by atoms with van der Waals surface area (Å²) in [6, 6.07) is 2.17. The van der Waals surface area contributed by atoms with E-state index >= 15 is 0 Å². The van der Waals surface area contributed by atoms with Gasteiger partial charge in [0, 0.05) is 17.6 Å². The smallest absolute Gasteiger partial charge is 0.292 e. The zero-order valence-electron chi connectivity index (χ0n) is 6.71. The molecule has 1 radical (unpaired) electrons. The molecule has 1 aromatic carbocycles. The molecule has 1 heterocycles. The third-order valence-electron chi connectivity index (χ3n) is 1.85. The highest BCUT2D eigenvalue weighted by Gasteiger charge is 2.11. The monoisotopic (exact) mass is 243 g/mol. The third-order valence-corrected chi connectivity index (χ3v) is 2.45. The van der Waals surface area contributed by atoms with Crippen LogP contribution < -0.4 is 0 Å². The Hall–Kier alpha value is -1.10. The van der Waals surface area contributed by atoms with Gasteiger partial charge in [0.05, 0.1) is 11.0 Å². The number of hydrogen-bond acceptors (Lipinski definition) is 1. The first-order chi connectivity index (χ1) is 6.09. The van der Waals surface area contributed by atoms with Crippen molar-refractivity contribution in [3.63, 3.8) is 0 Å². The van der Waals surface area contributed by atoms with Crippen molar-refractivity contribution in [2.75, 3.05) is 0 Å². The quantitative estimate of drug-likeness (QED) is 0.701. The molecule has 0 saturated carbocycles. The lowest BCUT2D eigenvalue weighted by molar-refractivity contribution is 0.308. The van der Waals surface area contributed by atoms with Crippen LogP contribution in [-0.2, 0) is 12.2 Å². The van der Waals surface area contributed by atoms with Crippen molar-refractivity contribution in [2.24, 2.45) is 7.05 Å². The maximum atomic E-state index is 12.9. The molecule has 67 valence electrons. The summed E-state index contributed by atoms with van der Waals surface area (Å²) < 4.78 is 14.8. The van der Waals surface area contributed by atoms with E-state index in [-0.39, 0.29) is 6.01 Å². The third kappa shape index (κ3) is 1.19.